The quantitative estimate of drug-likeness (QED) is 0.513. The van der Waals surface area contributed by atoms with Gasteiger partial charge in [0.25, 0.3) is 0 Å². The number of hydrogen-bond acceptors (Lipinski definition) is 3. The third-order valence-corrected chi connectivity index (χ3v) is 3.24. The van der Waals surface area contributed by atoms with E-state index >= 15 is 0 Å². The maximum atomic E-state index is 11.4. The van der Waals surface area contributed by atoms with E-state index < -0.39 is 5.60 Å². The van der Waals surface area contributed by atoms with Gasteiger partial charge in [0, 0.05) is 19.1 Å². The Morgan fingerprint density at radius 1 is 1.53 bits per heavy atom. The first-order valence-electron chi connectivity index (χ1n) is 5.65. The van der Waals surface area contributed by atoms with E-state index in [1.165, 1.54) is 6.42 Å². The third-order valence-electron chi connectivity index (χ3n) is 3.24. The number of urea groups is 1. The van der Waals surface area contributed by atoms with Crippen LogP contribution in [0.4, 0.5) is 4.79 Å². The molecule has 5 heteroatoms. The van der Waals surface area contributed by atoms with Crippen LogP contribution in [0.2, 0.25) is 0 Å². The predicted octanol–water partition coefficient (Wildman–Crippen LogP) is -0.438. The molecule has 2 aliphatic rings. The number of carbonyl (C=O) groups is 1. The largest absolute Gasteiger partial charge is 0.387 e. The van der Waals surface area contributed by atoms with Gasteiger partial charge in [-0.25, -0.2) is 4.79 Å². The first-order chi connectivity index (χ1) is 7.18. The van der Waals surface area contributed by atoms with Gasteiger partial charge in [-0.1, -0.05) is 0 Å². The molecule has 2 amide bonds. The lowest BCUT2D eigenvalue weighted by atomic mass is 9.93. The molecule has 1 aliphatic carbocycles. The molecule has 4 N–H and O–H groups in total. The summed E-state index contributed by atoms with van der Waals surface area (Å²) in [5.74, 6) is 0. The van der Waals surface area contributed by atoms with Crippen LogP contribution in [0, 0.1) is 0 Å². The Morgan fingerprint density at radius 3 is 2.87 bits per heavy atom. The highest BCUT2D eigenvalue weighted by Crippen LogP contribution is 2.17. The van der Waals surface area contributed by atoms with Gasteiger partial charge in [-0.3, -0.25) is 0 Å². The summed E-state index contributed by atoms with van der Waals surface area (Å²) >= 11 is 0. The zero-order chi connectivity index (χ0) is 10.7. The lowest BCUT2D eigenvalue weighted by Gasteiger charge is -2.28. The molecule has 0 aromatic rings. The first-order valence-corrected chi connectivity index (χ1v) is 5.65. The number of carbonyl (C=O) groups excluding carboxylic acids is 1. The van der Waals surface area contributed by atoms with Crippen LogP contribution in [-0.2, 0) is 0 Å². The van der Waals surface area contributed by atoms with Crippen molar-refractivity contribution >= 4 is 6.03 Å². The molecule has 0 aromatic heterocycles. The Labute approximate surface area is 89.6 Å². The summed E-state index contributed by atoms with van der Waals surface area (Å²) in [5, 5.41) is 18.6. The van der Waals surface area contributed by atoms with Crippen molar-refractivity contribution in [2.45, 2.75) is 37.3 Å². The number of rotatable bonds is 3. The second-order valence-electron chi connectivity index (χ2n) is 4.61. The molecular formula is C10H19N3O2. The van der Waals surface area contributed by atoms with E-state index in [0.29, 0.717) is 25.6 Å². The zero-order valence-corrected chi connectivity index (χ0v) is 8.88. The molecule has 1 saturated carbocycles. The third kappa shape index (κ3) is 2.82. The van der Waals surface area contributed by atoms with Gasteiger partial charge in [-0.05, 0) is 32.2 Å². The van der Waals surface area contributed by atoms with Gasteiger partial charge in [0.1, 0.15) is 0 Å². The summed E-state index contributed by atoms with van der Waals surface area (Å²) in [5.41, 5.74) is -0.753. The Morgan fingerprint density at radius 2 is 2.33 bits per heavy atom. The molecule has 1 saturated heterocycles. The number of amides is 2. The van der Waals surface area contributed by atoms with Crippen LogP contribution in [-0.4, -0.2) is 42.4 Å². The van der Waals surface area contributed by atoms with Crippen LogP contribution < -0.4 is 16.0 Å². The molecule has 2 rings (SSSR count). The molecule has 0 bridgehead atoms. The van der Waals surface area contributed by atoms with Crippen molar-refractivity contribution in [3.8, 4) is 0 Å². The van der Waals surface area contributed by atoms with E-state index in [-0.39, 0.29) is 6.03 Å². The summed E-state index contributed by atoms with van der Waals surface area (Å²) in [6.45, 7) is 1.72. The van der Waals surface area contributed by atoms with E-state index in [1.54, 1.807) is 0 Å². The van der Waals surface area contributed by atoms with Crippen LogP contribution in [0.1, 0.15) is 25.7 Å². The summed E-state index contributed by atoms with van der Waals surface area (Å²) in [4.78, 5) is 11.4. The lowest BCUT2D eigenvalue weighted by molar-refractivity contribution is 0.0632. The van der Waals surface area contributed by atoms with Gasteiger partial charge in [-0.2, -0.15) is 0 Å². The highest BCUT2D eigenvalue weighted by molar-refractivity contribution is 5.74. The molecule has 1 unspecified atom stereocenters. The summed E-state index contributed by atoms with van der Waals surface area (Å²) in [6, 6.07) is 0.196. The van der Waals surface area contributed by atoms with E-state index in [0.717, 1.165) is 19.4 Å². The SMILES string of the molecule is O=C(NCC1(O)CCNC1)NC1CCC1. The second kappa shape index (κ2) is 4.37. The van der Waals surface area contributed by atoms with E-state index in [2.05, 4.69) is 16.0 Å². The monoisotopic (exact) mass is 213 g/mol. The van der Waals surface area contributed by atoms with Gasteiger partial charge in [0.05, 0.1) is 5.60 Å². The van der Waals surface area contributed by atoms with Crippen molar-refractivity contribution in [2.75, 3.05) is 19.6 Å². The molecular weight excluding hydrogens is 194 g/mol. The first kappa shape index (κ1) is 10.7. The molecule has 15 heavy (non-hydrogen) atoms. The minimum Gasteiger partial charge on any atom is -0.387 e. The maximum absolute atomic E-state index is 11.4. The minimum atomic E-state index is -0.753. The van der Waals surface area contributed by atoms with Crippen molar-refractivity contribution in [1.82, 2.24) is 16.0 Å². The van der Waals surface area contributed by atoms with Crippen LogP contribution in [0.5, 0.6) is 0 Å². The van der Waals surface area contributed by atoms with Crippen LogP contribution in [0.25, 0.3) is 0 Å². The number of hydrogen-bond donors (Lipinski definition) is 4. The van der Waals surface area contributed by atoms with Gasteiger partial charge in [-0.15, -0.1) is 0 Å². The van der Waals surface area contributed by atoms with E-state index in [1.807, 2.05) is 0 Å². The Hall–Kier alpha value is -0.810. The zero-order valence-electron chi connectivity index (χ0n) is 8.88. The fraction of sp³-hybridized carbons (Fsp3) is 0.900. The maximum Gasteiger partial charge on any atom is 0.315 e. The van der Waals surface area contributed by atoms with Gasteiger partial charge in [0.15, 0.2) is 0 Å². The standard InChI is InChI=1S/C10H19N3O2/c14-9(13-8-2-1-3-8)12-7-10(15)4-5-11-6-10/h8,11,15H,1-7H2,(H2,12,13,14). The predicted molar refractivity (Wildman–Crippen MR) is 56.6 cm³/mol. The van der Waals surface area contributed by atoms with Gasteiger partial charge in [0.2, 0.25) is 0 Å². The molecule has 1 atom stereocenters. The fourth-order valence-electron chi connectivity index (χ4n) is 1.92. The van der Waals surface area contributed by atoms with Crippen molar-refractivity contribution < 1.29 is 9.90 Å². The number of aliphatic hydroxyl groups is 1. The number of β-amino-alcohol motifs (C(OH)–C–C–N with tert-alkyl or cyclic N) is 1. The number of nitrogens with one attached hydrogen (secondary N) is 3. The highest BCUT2D eigenvalue weighted by Gasteiger charge is 2.31. The average Bonchev–Trinajstić information content (AvgIpc) is 2.57. The van der Waals surface area contributed by atoms with Crippen molar-refractivity contribution in [2.24, 2.45) is 0 Å². The summed E-state index contributed by atoms with van der Waals surface area (Å²) in [6.07, 6.45) is 4.08. The lowest BCUT2D eigenvalue weighted by Crippen LogP contribution is -2.50. The molecule has 1 aliphatic heterocycles. The topological polar surface area (TPSA) is 73.4 Å². The Bertz CT molecular complexity index is 235. The smallest absolute Gasteiger partial charge is 0.315 e. The molecule has 5 nitrogen and oxygen atoms in total. The fourth-order valence-corrected chi connectivity index (χ4v) is 1.92. The molecule has 0 aromatic carbocycles. The normalized spacial score (nSPS) is 31.0. The molecule has 86 valence electrons. The van der Waals surface area contributed by atoms with Crippen LogP contribution >= 0.6 is 0 Å². The highest BCUT2D eigenvalue weighted by atomic mass is 16.3. The Kier molecular flexibility index (Phi) is 3.11. The average molecular weight is 213 g/mol. The van der Waals surface area contributed by atoms with Crippen molar-refractivity contribution in [1.29, 1.82) is 0 Å². The van der Waals surface area contributed by atoms with Crippen molar-refractivity contribution in [3.63, 3.8) is 0 Å². The molecule has 0 spiro atoms. The van der Waals surface area contributed by atoms with Crippen LogP contribution in [0.15, 0.2) is 0 Å². The molecule has 0 radical (unpaired) electrons. The minimum absolute atomic E-state index is 0.153. The summed E-state index contributed by atoms with van der Waals surface area (Å²) < 4.78 is 0. The van der Waals surface area contributed by atoms with E-state index in [4.69, 9.17) is 0 Å². The van der Waals surface area contributed by atoms with Gasteiger partial charge < -0.3 is 21.1 Å². The second-order valence-corrected chi connectivity index (χ2v) is 4.61. The van der Waals surface area contributed by atoms with Gasteiger partial charge >= 0.3 is 6.03 Å². The summed E-state index contributed by atoms with van der Waals surface area (Å²) in [7, 11) is 0. The Balaban J connectivity index is 1.65. The molecule has 2 fully saturated rings. The van der Waals surface area contributed by atoms with Crippen molar-refractivity contribution in [3.05, 3.63) is 0 Å². The van der Waals surface area contributed by atoms with Crippen LogP contribution in [0.3, 0.4) is 0 Å². The molecule has 1 heterocycles. The van der Waals surface area contributed by atoms with E-state index in [9.17, 15) is 9.90 Å².